The van der Waals surface area contributed by atoms with Gasteiger partial charge in [0.25, 0.3) is 5.91 Å². The van der Waals surface area contributed by atoms with Crippen molar-refractivity contribution in [3.8, 4) is 0 Å². The molecule has 0 aliphatic rings. The Kier molecular flexibility index (Phi) is 4.95. The first-order valence-corrected chi connectivity index (χ1v) is 7.91. The van der Waals surface area contributed by atoms with Gasteiger partial charge < -0.3 is 15.4 Å². The van der Waals surface area contributed by atoms with Crippen LogP contribution in [-0.4, -0.2) is 27.6 Å². The number of hydrogen-bond donors (Lipinski definition) is 3. The van der Waals surface area contributed by atoms with Crippen LogP contribution in [-0.2, 0) is 12.6 Å². The van der Waals surface area contributed by atoms with Gasteiger partial charge in [-0.3, -0.25) is 9.59 Å². The Morgan fingerprint density at radius 1 is 1.19 bits per heavy atom. The van der Waals surface area contributed by atoms with Gasteiger partial charge in [-0.2, -0.15) is 13.2 Å². The highest BCUT2D eigenvalue weighted by Gasteiger charge is 2.34. The van der Waals surface area contributed by atoms with E-state index in [0.717, 1.165) is 12.1 Å². The number of amides is 1. The maximum absolute atomic E-state index is 13.3. The topological polar surface area (TPSA) is 95.1 Å². The summed E-state index contributed by atoms with van der Waals surface area (Å²) in [4.78, 5) is 31.8. The summed E-state index contributed by atoms with van der Waals surface area (Å²) in [7, 11) is 0. The van der Waals surface area contributed by atoms with E-state index in [9.17, 15) is 27.9 Å². The van der Waals surface area contributed by atoms with Crippen LogP contribution in [0, 0.1) is 0 Å². The molecule has 3 aromatic rings. The van der Waals surface area contributed by atoms with Crippen LogP contribution in [0.2, 0.25) is 0 Å². The van der Waals surface area contributed by atoms with Crippen molar-refractivity contribution in [3.63, 3.8) is 0 Å². The maximum Gasteiger partial charge on any atom is 0.418 e. The van der Waals surface area contributed by atoms with Crippen molar-refractivity contribution in [2.75, 3.05) is 11.9 Å². The zero-order valence-corrected chi connectivity index (χ0v) is 13.8. The summed E-state index contributed by atoms with van der Waals surface area (Å²) in [6.45, 7) is -0.459. The van der Waals surface area contributed by atoms with Gasteiger partial charge in [0.15, 0.2) is 0 Å². The number of nitrogens with one attached hydrogen (secondary N) is 2. The first-order chi connectivity index (χ1) is 12.8. The fourth-order valence-electron chi connectivity index (χ4n) is 2.75. The molecule has 140 valence electrons. The fraction of sp³-hybridized carbons (Fsp3) is 0.167. The van der Waals surface area contributed by atoms with Crippen LogP contribution in [0.3, 0.4) is 0 Å². The third-order valence-electron chi connectivity index (χ3n) is 3.91. The van der Waals surface area contributed by atoms with Gasteiger partial charge in [0.2, 0.25) is 5.43 Å². The van der Waals surface area contributed by atoms with Gasteiger partial charge in [-0.05, 0) is 24.3 Å². The Balaban J connectivity index is 2.20. The van der Waals surface area contributed by atoms with E-state index in [1.54, 1.807) is 12.1 Å². The number of halogens is 3. The molecule has 0 bridgehead atoms. The van der Waals surface area contributed by atoms with Crippen LogP contribution in [0.15, 0.2) is 47.4 Å². The first kappa shape index (κ1) is 18.6. The van der Waals surface area contributed by atoms with Gasteiger partial charge >= 0.3 is 6.18 Å². The zero-order chi connectivity index (χ0) is 19.6. The minimum absolute atomic E-state index is 0.0832. The van der Waals surface area contributed by atoms with Crippen LogP contribution >= 0.6 is 0 Å². The number of alkyl halides is 3. The third-order valence-corrected chi connectivity index (χ3v) is 3.91. The van der Waals surface area contributed by atoms with Crippen LogP contribution in [0.25, 0.3) is 10.9 Å². The third kappa shape index (κ3) is 3.68. The summed E-state index contributed by atoms with van der Waals surface area (Å²) in [5.74, 6) is -0.640. The molecule has 0 saturated heterocycles. The van der Waals surface area contributed by atoms with Gasteiger partial charge in [0.1, 0.15) is 11.4 Å². The molecule has 3 rings (SSSR count). The van der Waals surface area contributed by atoms with Gasteiger partial charge in [-0.25, -0.2) is 4.98 Å². The number of carbonyl (C=O) groups excluding carboxylic acids is 1. The predicted molar refractivity (Wildman–Crippen MR) is 92.6 cm³/mol. The van der Waals surface area contributed by atoms with E-state index >= 15 is 0 Å². The van der Waals surface area contributed by atoms with Crippen LogP contribution in [0.4, 0.5) is 19.0 Å². The standard InChI is InChI=1S/C18H14F3N3O3/c19-18(20,21)11-5-3-4-10-15(11)23-12(7-9-25)14(16(10)26)17(27)24-13-6-1-2-8-22-13/h1-6,8,25H,7,9H2,(H,23,26)(H,22,24,27). The number of hydrogen-bond acceptors (Lipinski definition) is 4. The van der Waals surface area contributed by atoms with Crippen LogP contribution < -0.4 is 10.7 Å². The number of pyridine rings is 2. The molecule has 0 fully saturated rings. The number of anilines is 1. The number of carbonyl (C=O) groups is 1. The van der Waals surface area contributed by atoms with Crippen molar-refractivity contribution in [3.05, 3.63) is 69.6 Å². The Morgan fingerprint density at radius 2 is 1.96 bits per heavy atom. The molecule has 9 heteroatoms. The molecule has 3 N–H and O–H groups in total. The number of para-hydroxylation sites is 1. The highest BCUT2D eigenvalue weighted by Crippen LogP contribution is 2.33. The predicted octanol–water partition coefficient (Wildman–Crippen LogP) is 2.73. The van der Waals surface area contributed by atoms with E-state index in [-0.39, 0.29) is 28.9 Å². The molecule has 0 saturated carbocycles. The van der Waals surface area contributed by atoms with Crippen LogP contribution in [0.1, 0.15) is 21.6 Å². The van der Waals surface area contributed by atoms with Crippen molar-refractivity contribution in [1.29, 1.82) is 0 Å². The van der Waals surface area contributed by atoms with Crippen molar-refractivity contribution in [2.24, 2.45) is 0 Å². The number of rotatable bonds is 4. The highest BCUT2D eigenvalue weighted by molar-refractivity contribution is 6.06. The molecule has 6 nitrogen and oxygen atoms in total. The minimum Gasteiger partial charge on any atom is -0.396 e. The van der Waals surface area contributed by atoms with Crippen LogP contribution in [0.5, 0.6) is 0 Å². The molecule has 0 unspecified atom stereocenters. The average Bonchev–Trinajstić information content (AvgIpc) is 2.61. The monoisotopic (exact) mass is 377 g/mol. The smallest absolute Gasteiger partial charge is 0.396 e. The van der Waals surface area contributed by atoms with E-state index in [2.05, 4.69) is 15.3 Å². The van der Waals surface area contributed by atoms with Gasteiger partial charge in [-0.1, -0.05) is 12.1 Å². The Labute approximate surface area is 150 Å². The maximum atomic E-state index is 13.3. The number of nitrogens with zero attached hydrogens (tertiary/aromatic N) is 1. The lowest BCUT2D eigenvalue weighted by atomic mass is 10.0. The molecule has 0 atom stereocenters. The number of aliphatic hydroxyl groups excluding tert-OH is 1. The molecular weight excluding hydrogens is 363 g/mol. The number of aromatic amines is 1. The summed E-state index contributed by atoms with van der Waals surface area (Å²) < 4.78 is 39.8. The molecular formula is C18H14F3N3O3. The van der Waals surface area contributed by atoms with E-state index in [4.69, 9.17) is 0 Å². The fourth-order valence-corrected chi connectivity index (χ4v) is 2.75. The minimum atomic E-state index is -4.68. The van der Waals surface area contributed by atoms with Crippen molar-refractivity contribution in [1.82, 2.24) is 9.97 Å². The van der Waals surface area contributed by atoms with Gasteiger partial charge in [0, 0.05) is 30.3 Å². The number of fused-ring (bicyclic) bond motifs is 1. The second-order valence-corrected chi connectivity index (χ2v) is 5.68. The molecule has 1 aromatic carbocycles. The molecule has 0 radical (unpaired) electrons. The molecule has 1 amide bonds. The molecule has 27 heavy (non-hydrogen) atoms. The SMILES string of the molecule is O=C(Nc1ccccn1)c1c(CCO)[nH]c2c(C(F)(F)F)cccc2c1=O. The van der Waals surface area contributed by atoms with E-state index in [1.165, 1.54) is 18.3 Å². The Bertz CT molecular complexity index is 1050. The van der Waals surface area contributed by atoms with Crippen molar-refractivity contribution < 1.29 is 23.1 Å². The van der Waals surface area contributed by atoms with E-state index in [1.807, 2.05) is 0 Å². The van der Waals surface area contributed by atoms with Gasteiger partial charge in [-0.15, -0.1) is 0 Å². The number of benzene rings is 1. The first-order valence-electron chi connectivity index (χ1n) is 7.91. The van der Waals surface area contributed by atoms with Gasteiger partial charge in [0.05, 0.1) is 11.1 Å². The average molecular weight is 377 g/mol. The normalized spacial score (nSPS) is 11.6. The lowest BCUT2D eigenvalue weighted by Gasteiger charge is -2.14. The molecule has 0 spiro atoms. The highest BCUT2D eigenvalue weighted by atomic mass is 19.4. The largest absolute Gasteiger partial charge is 0.418 e. The number of aliphatic hydroxyl groups is 1. The Hall–Kier alpha value is -3.20. The summed E-state index contributed by atoms with van der Waals surface area (Å²) in [6, 6.07) is 7.91. The number of aromatic nitrogens is 2. The molecule has 0 aliphatic heterocycles. The van der Waals surface area contributed by atoms with Crippen molar-refractivity contribution >= 4 is 22.6 Å². The van der Waals surface area contributed by atoms with E-state index in [0.29, 0.717) is 0 Å². The molecule has 2 aromatic heterocycles. The molecule has 2 heterocycles. The summed E-state index contributed by atoms with van der Waals surface area (Å²) in [5.41, 5.74) is -2.74. The molecule has 0 aliphatic carbocycles. The summed E-state index contributed by atoms with van der Waals surface area (Å²) in [5, 5.41) is 11.4. The summed E-state index contributed by atoms with van der Waals surface area (Å²) in [6.07, 6.45) is -3.44. The van der Waals surface area contributed by atoms with Crippen molar-refractivity contribution in [2.45, 2.75) is 12.6 Å². The quantitative estimate of drug-likeness (QED) is 0.652. The Morgan fingerprint density at radius 3 is 2.59 bits per heavy atom. The van der Waals surface area contributed by atoms with E-state index < -0.39 is 35.2 Å². The summed E-state index contributed by atoms with van der Waals surface area (Å²) >= 11 is 0. The number of H-pyrrole nitrogens is 1. The zero-order valence-electron chi connectivity index (χ0n) is 13.8. The lowest BCUT2D eigenvalue weighted by Crippen LogP contribution is -2.26. The second-order valence-electron chi connectivity index (χ2n) is 5.68. The second kappa shape index (κ2) is 7.20. The lowest BCUT2D eigenvalue weighted by molar-refractivity contribution is -0.136.